The number of hydrogen-bond acceptors (Lipinski definition) is 5. The third kappa shape index (κ3) is 5.62. The number of carboxylic acids is 1. The maximum atomic E-state index is 14.7. The maximum absolute atomic E-state index is 14.7. The van der Waals surface area contributed by atoms with Crippen molar-refractivity contribution in [3.63, 3.8) is 0 Å². The molecule has 0 aliphatic carbocycles. The lowest BCUT2D eigenvalue weighted by molar-refractivity contribution is -0.147. The van der Waals surface area contributed by atoms with Crippen LogP contribution in [0.25, 0.3) is 11.0 Å². The zero-order valence-corrected chi connectivity index (χ0v) is 26.9. The Hall–Kier alpha value is -3.67. The van der Waals surface area contributed by atoms with Crippen molar-refractivity contribution < 1.29 is 32.6 Å². The summed E-state index contributed by atoms with van der Waals surface area (Å²) in [5.41, 5.74) is 1.27. The van der Waals surface area contributed by atoms with E-state index in [2.05, 4.69) is 10.3 Å². The Morgan fingerprint density at radius 1 is 1.09 bits per heavy atom. The van der Waals surface area contributed by atoms with Crippen LogP contribution in [0, 0.1) is 12.3 Å². The molecule has 6 heterocycles. The van der Waals surface area contributed by atoms with Crippen molar-refractivity contribution in [1.82, 2.24) is 19.9 Å². The molecule has 5 aliphatic heterocycles. The van der Waals surface area contributed by atoms with Gasteiger partial charge < -0.3 is 14.7 Å². The Balaban J connectivity index is 1.58. The number of amides is 1. The van der Waals surface area contributed by atoms with Gasteiger partial charge in [0.15, 0.2) is 0 Å². The monoisotopic (exact) mass is 674 g/mol. The van der Waals surface area contributed by atoms with E-state index in [0.29, 0.717) is 47.3 Å². The summed E-state index contributed by atoms with van der Waals surface area (Å²) in [7, 11) is 0. The lowest BCUT2D eigenvalue weighted by Crippen LogP contribution is -2.38. The summed E-state index contributed by atoms with van der Waals surface area (Å²) < 4.78 is 51.6. The van der Waals surface area contributed by atoms with Gasteiger partial charge in [-0.3, -0.25) is 9.59 Å². The van der Waals surface area contributed by atoms with Gasteiger partial charge in [0.1, 0.15) is 5.52 Å². The van der Waals surface area contributed by atoms with Gasteiger partial charge in [0.2, 0.25) is 0 Å². The Bertz CT molecular complexity index is 1870. The average Bonchev–Trinajstić information content (AvgIpc) is 3.39. The van der Waals surface area contributed by atoms with Gasteiger partial charge in [-0.2, -0.15) is 13.2 Å². The molecule has 1 unspecified atom stereocenters. The van der Waals surface area contributed by atoms with Crippen molar-refractivity contribution in [3.8, 4) is 0 Å². The van der Waals surface area contributed by atoms with E-state index in [4.69, 9.17) is 27.9 Å². The van der Waals surface area contributed by atoms with Crippen LogP contribution in [0.5, 0.6) is 0 Å². The minimum Gasteiger partial charge on any atom is -0.481 e. The second kappa shape index (κ2) is 11.8. The number of rotatable bonds is 2. The first kappa shape index (κ1) is 32.3. The van der Waals surface area contributed by atoms with E-state index in [1.807, 2.05) is 0 Å². The number of aliphatic carboxylic acids is 1. The highest BCUT2D eigenvalue weighted by Crippen LogP contribution is 2.47. The lowest BCUT2D eigenvalue weighted by atomic mass is 9.69. The molecule has 242 valence electrons. The number of hydrogen-bond donors (Lipinski definition) is 1. The van der Waals surface area contributed by atoms with Crippen LogP contribution in [0.2, 0.25) is 10.0 Å². The SMILES string of the molecule is Cc1c2ccc3c1nnn3CCCOCc1cc(Cl)c(c(Cl)c1)C(=O)N1CCc3c(cc(cc3C(F)(F)F)C2C(C)(C)C(=O)O)C1. The summed E-state index contributed by atoms with van der Waals surface area (Å²) >= 11 is 13.1. The molecule has 13 heteroatoms. The van der Waals surface area contributed by atoms with Crippen LogP contribution < -0.4 is 0 Å². The van der Waals surface area contributed by atoms with Gasteiger partial charge in [-0.1, -0.05) is 40.5 Å². The number of ether oxygens (including phenoxy) is 1. The van der Waals surface area contributed by atoms with Crippen molar-refractivity contribution in [3.05, 3.63) is 91.0 Å². The predicted octanol–water partition coefficient (Wildman–Crippen LogP) is 7.43. The van der Waals surface area contributed by atoms with Crippen LogP contribution in [-0.2, 0) is 41.8 Å². The standard InChI is InChI=1S/C33H31Cl2F3N4O4/c1-17-21-5-6-26-29(17)39-40-42(26)8-4-10-46-16-18-11-24(34)27(25(35)12-18)30(43)41-9-7-22-20(15-41)13-19(14-23(22)33(36,37)38)28(21)32(2,3)31(44)45/h5-6,11-14,28H,4,7-10,15-16H2,1-3H3,(H,44,45). The Kier molecular flexibility index (Phi) is 8.31. The van der Waals surface area contributed by atoms with Crippen molar-refractivity contribution in [2.75, 3.05) is 13.2 Å². The first-order valence-corrected chi connectivity index (χ1v) is 15.6. The van der Waals surface area contributed by atoms with E-state index in [1.165, 1.54) is 18.7 Å². The highest BCUT2D eigenvalue weighted by molar-refractivity contribution is 6.39. The van der Waals surface area contributed by atoms with Crippen LogP contribution in [-0.4, -0.2) is 50.0 Å². The van der Waals surface area contributed by atoms with Gasteiger partial charge >= 0.3 is 12.1 Å². The molecule has 46 heavy (non-hydrogen) atoms. The number of alkyl halides is 3. The summed E-state index contributed by atoms with van der Waals surface area (Å²) in [6, 6.07) is 9.40. The summed E-state index contributed by atoms with van der Waals surface area (Å²) in [6.07, 6.45) is -4.18. The summed E-state index contributed by atoms with van der Waals surface area (Å²) in [4.78, 5) is 27.9. The summed E-state index contributed by atoms with van der Waals surface area (Å²) in [6.45, 7) is 5.71. The lowest BCUT2D eigenvalue weighted by Gasteiger charge is -2.36. The molecule has 0 fully saturated rings. The first-order chi connectivity index (χ1) is 21.7. The van der Waals surface area contributed by atoms with Crippen molar-refractivity contribution in [1.29, 1.82) is 0 Å². The van der Waals surface area contributed by atoms with E-state index in [0.717, 1.165) is 6.07 Å². The minimum absolute atomic E-state index is 0.0151. The van der Waals surface area contributed by atoms with Crippen LogP contribution in [0.15, 0.2) is 36.4 Å². The third-order valence-electron chi connectivity index (χ3n) is 9.09. The molecule has 5 aliphatic rings. The van der Waals surface area contributed by atoms with Crippen molar-refractivity contribution >= 4 is 46.1 Å². The van der Waals surface area contributed by atoms with E-state index in [1.54, 1.807) is 41.9 Å². The number of carboxylic acid groups (broad SMARTS) is 1. The van der Waals surface area contributed by atoms with E-state index in [-0.39, 0.29) is 58.4 Å². The number of aryl methyl sites for hydroxylation is 2. The maximum Gasteiger partial charge on any atom is 0.416 e. The third-order valence-corrected chi connectivity index (χ3v) is 9.69. The fourth-order valence-electron chi connectivity index (χ4n) is 6.66. The van der Waals surface area contributed by atoms with Gasteiger partial charge in [-0.25, -0.2) is 4.68 Å². The first-order valence-electron chi connectivity index (χ1n) is 14.8. The smallest absolute Gasteiger partial charge is 0.416 e. The number of nitrogens with zero attached hydrogens (tertiary/aromatic N) is 4. The zero-order chi connectivity index (χ0) is 33.1. The summed E-state index contributed by atoms with van der Waals surface area (Å²) in [5, 5.41) is 19.3. The molecular weight excluding hydrogens is 644 g/mol. The molecule has 1 atom stereocenters. The Morgan fingerprint density at radius 2 is 1.80 bits per heavy atom. The molecule has 1 aromatic heterocycles. The van der Waals surface area contributed by atoms with E-state index < -0.39 is 34.9 Å². The zero-order valence-electron chi connectivity index (χ0n) is 25.3. The fraction of sp³-hybridized carbons (Fsp3) is 0.394. The molecule has 0 radical (unpaired) electrons. The quantitative estimate of drug-likeness (QED) is 0.238. The molecule has 1 N–H and O–H groups in total. The number of halogens is 5. The van der Waals surface area contributed by atoms with Crippen LogP contribution in [0.1, 0.15) is 75.5 Å². The van der Waals surface area contributed by atoms with Gasteiger partial charge in [-0.15, -0.1) is 5.10 Å². The second-order valence-electron chi connectivity index (χ2n) is 12.4. The van der Waals surface area contributed by atoms with Gasteiger partial charge in [0.25, 0.3) is 5.91 Å². The molecule has 4 aromatic rings. The summed E-state index contributed by atoms with van der Waals surface area (Å²) in [5.74, 6) is -2.69. The largest absolute Gasteiger partial charge is 0.481 e. The van der Waals surface area contributed by atoms with Crippen LogP contribution in [0.3, 0.4) is 0 Å². The second-order valence-corrected chi connectivity index (χ2v) is 13.3. The molecule has 1 amide bonds. The number of aromatic nitrogens is 3. The average molecular weight is 676 g/mol. The predicted molar refractivity (Wildman–Crippen MR) is 166 cm³/mol. The fourth-order valence-corrected chi connectivity index (χ4v) is 7.36. The number of carbonyl (C=O) groups is 2. The van der Waals surface area contributed by atoms with Crippen LogP contribution >= 0.6 is 23.2 Å². The molecule has 3 aromatic carbocycles. The normalized spacial score (nSPS) is 17.7. The van der Waals surface area contributed by atoms with Gasteiger partial charge in [0.05, 0.1) is 38.7 Å². The highest BCUT2D eigenvalue weighted by Gasteiger charge is 2.43. The van der Waals surface area contributed by atoms with Crippen molar-refractivity contribution in [2.24, 2.45) is 5.41 Å². The molecular formula is C33H31Cl2F3N4O4. The Labute approximate surface area is 273 Å². The topological polar surface area (TPSA) is 97.5 Å². The molecule has 0 saturated heterocycles. The van der Waals surface area contributed by atoms with E-state index >= 15 is 0 Å². The number of benzene rings is 3. The van der Waals surface area contributed by atoms with Crippen molar-refractivity contribution in [2.45, 2.75) is 65.4 Å². The van der Waals surface area contributed by atoms with Gasteiger partial charge in [0, 0.05) is 32.2 Å². The molecule has 9 rings (SSSR count). The van der Waals surface area contributed by atoms with E-state index in [9.17, 15) is 27.9 Å². The highest BCUT2D eigenvalue weighted by atomic mass is 35.5. The minimum atomic E-state index is -4.72. The molecule has 8 nitrogen and oxygen atoms in total. The molecule has 0 saturated carbocycles. The molecule has 0 spiro atoms. The van der Waals surface area contributed by atoms with Gasteiger partial charge in [-0.05, 0) is 91.3 Å². The van der Waals surface area contributed by atoms with Crippen LogP contribution in [0.4, 0.5) is 13.2 Å². The Morgan fingerprint density at radius 3 is 2.48 bits per heavy atom. The number of carbonyl (C=O) groups excluding carboxylic acids is 1. The molecule has 9 bridgehead atoms.